The Morgan fingerprint density at radius 1 is 0.413 bits per heavy atom. The number of fused-ring (bicyclic) bond motifs is 13. The molecule has 0 atom stereocenters. The summed E-state index contributed by atoms with van der Waals surface area (Å²) < 4.78 is 4.76. The van der Waals surface area contributed by atoms with Gasteiger partial charge < -0.3 is 4.40 Å². The van der Waals surface area contributed by atoms with Crippen molar-refractivity contribution < 1.29 is 0 Å². The van der Waals surface area contributed by atoms with Crippen LogP contribution in [0.2, 0.25) is 0 Å². The molecule has 11 aromatic rings. The van der Waals surface area contributed by atoms with Crippen molar-refractivity contribution in [2.75, 3.05) is 0 Å². The average molecular weight is 585 g/mol. The number of hydrogen-bond donors (Lipinski definition) is 0. The first-order valence-corrected chi connectivity index (χ1v) is 15.7. The number of para-hydroxylation sites is 3. The van der Waals surface area contributed by atoms with Crippen LogP contribution < -0.4 is 0 Å². The van der Waals surface area contributed by atoms with E-state index in [0.717, 1.165) is 38.6 Å². The SMILES string of the molecule is c1ccc(-c2nc(-n3c4ccccc4c4cc5c6ccccc6n6c7ccccc7c(c43)c56)nc3c2ccc2ccccc23)cc1. The fraction of sp³-hybridized carbons (Fsp3) is 0. The molecule has 4 aromatic heterocycles. The van der Waals surface area contributed by atoms with Gasteiger partial charge in [-0.25, -0.2) is 9.97 Å². The lowest BCUT2D eigenvalue weighted by Gasteiger charge is -2.13. The van der Waals surface area contributed by atoms with Gasteiger partial charge in [-0.1, -0.05) is 115 Å². The molecule has 4 heteroatoms. The number of rotatable bonds is 2. The van der Waals surface area contributed by atoms with E-state index in [9.17, 15) is 0 Å². The van der Waals surface area contributed by atoms with Gasteiger partial charge in [0.05, 0.1) is 38.8 Å². The van der Waals surface area contributed by atoms with Crippen molar-refractivity contribution in [3.05, 3.63) is 146 Å². The topological polar surface area (TPSA) is 35.1 Å². The molecule has 4 nitrogen and oxygen atoms in total. The molecule has 0 unspecified atom stereocenters. The summed E-state index contributed by atoms with van der Waals surface area (Å²) in [6.07, 6.45) is 0. The molecule has 0 saturated heterocycles. The van der Waals surface area contributed by atoms with E-state index >= 15 is 0 Å². The number of hydrogen-bond acceptors (Lipinski definition) is 2. The summed E-state index contributed by atoms with van der Waals surface area (Å²) in [5.41, 5.74) is 8.89. The molecule has 0 aliphatic heterocycles. The molecule has 4 heterocycles. The number of benzene rings is 7. The summed E-state index contributed by atoms with van der Waals surface area (Å²) >= 11 is 0. The maximum atomic E-state index is 5.45. The van der Waals surface area contributed by atoms with Gasteiger partial charge in [-0.15, -0.1) is 0 Å². The van der Waals surface area contributed by atoms with E-state index < -0.39 is 0 Å². The summed E-state index contributed by atoms with van der Waals surface area (Å²) in [5, 5.41) is 10.8. The lowest BCUT2D eigenvalue weighted by atomic mass is 10.0. The fourth-order valence-corrected chi connectivity index (χ4v) is 7.93. The zero-order chi connectivity index (χ0) is 29.9. The third kappa shape index (κ3) is 2.98. The minimum absolute atomic E-state index is 0.677. The van der Waals surface area contributed by atoms with Crippen LogP contribution in [0.5, 0.6) is 0 Å². The molecule has 0 amide bonds. The Morgan fingerprint density at radius 2 is 1.02 bits per heavy atom. The monoisotopic (exact) mass is 584 g/mol. The second-order valence-corrected chi connectivity index (χ2v) is 12.2. The van der Waals surface area contributed by atoms with Crippen LogP contribution in [0.3, 0.4) is 0 Å². The molecule has 212 valence electrons. The summed E-state index contributed by atoms with van der Waals surface area (Å²) in [7, 11) is 0. The van der Waals surface area contributed by atoms with E-state index in [4.69, 9.17) is 9.97 Å². The summed E-state index contributed by atoms with van der Waals surface area (Å²) in [4.78, 5) is 10.9. The molecule has 0 spiro atoms. The summed E-state index contributed by atoms with van der Waals surface area (Å²) in [5.74, 6) is 0.677. The van der Waals surface area contributed by atoms with Crippen LogP contribution in [0.15, 0.2) is 146 Å². The average Bonchev–Trinajstić information content (AvgIpc) is 3.76. The van der Waals surface area contributed by atoms with Crippen molar-refractivity contribution in [2.45, 2.75) is 0 Å². The Bertz CT molecular complexity index is 3020. The third-order valence-electron chi connectivity index (χ3n) is 9.83. The van der Waals surface area contributed by atoms with Gasteiger partial charge in [-0.05, 0) is 35.7 Å². The molecule has 0 bridgehead atoms. The Kier molecular flexibility index (Phi) is 4.55. The molecular weight excluding hydrogens is 560 g/mol. The molecule has 0 aliphatic rings. The molecule has 0 radical (unpaired) electrons. The Balaban J connectivity index is 1.40. The van der Waals surface area contributed by atoms with E-state index in [0.29, 0.717) is 5.95 Å². The number of nitrogens with zero attached hydrogens (tertiary/aromatic N) is 4. The van der Waals surface area contributed by atoms with Crippen LogP contribution >= 0.6 is 0 Å². The van der Waals surface area contributed by atoms with Crippen LogP contribution in [0.25, 0.3) is 98.8 Å². The van der Waals surface area contributed by atoms with Crippen molar-refractivity contribution in [3.8, 4) is 17.2 Å². The highest BCUT2D eigenvalue weighted by Gasteiger charge is 2.25. The number of aromatic nitrogens is 4. The normalized spacial score (nSPS) is 12.3. The van der Waals surface area contributed by atoms with Crippen LogP contribution in [0, 0.1) is 0 Å². The maximum absolute atomic E-state index is 5.45. The minimum atomic E-state index is 0.677. The van der Waals surface area contributed by atoms with E-state index in [1.54, 1.807) is 0 Å². The van der Waals surface area contributed by atoms with Crippen LogP contribution in [-0.2, 0) is 0 Å². The zero-order valence-electron chi connectivity index (χ0n) is 24.6. The van der Waals surface area contributed by atoms with Crippen LogP contribution in [0.1, 0.15) is 0 Å². The highest BCUT2D eigenvalue weighted by atomic mass is 15.2. The molecule has 46 heavy (non-hydrogen) atoms. The van der Waals surface area contributed by atoms with Gasteiger partial charge in [0.2, 0.25) is 5.95 Å². The summed E-state index contributed by atoms with van der Waals surface area (Å²) in [6.45, 7) is 0. The third-order valence-corrected chi connectivity index (χ3v) is 9.83. The van der Waals surface area contributed by atoms with E-state index in [1.165, 1.54) is 54.3 Å². The molecule has 0 N–H and O–H groups in total. The molecule has 0 aliphatic carbocycles. The highest BCUT2D eigenvalue weighted by Crippen LogP contribution is 2.46. The Morgan fingerprint density at radius 3 is 1.83 bits per heavy atom. The Labute approximate surface area is 262 Å². The lowest BCUT2D eigenvalue weighted by Crippen LogP contribution is -2.04. The van der Waals surface area contributed by atoms with Gasteiger partial charge in [0.15, 0.2) is 0 Å². The second kappa shape index (κ2) is 8.68. The first kappa shape index (κ1) is 24.1. The second-order valence-electron chi connectivity index (χ2n) is 12.2. The van der Waals surface area contributed by atoms with Crippen molar-refractivity contribution in [1.82, 2.24) is 18.9 Å². The Hall–Kier alpha value is -6.26. The minimum Gasteiger partial charge on any atom is -0.308 e. The van der Waals surface area contributed by atoms with Gasteiger partial charge >= 0.3 is 0 Å². The standard InChI is InChI=1S/C42H24N4/c1-2-13-26(14-3-1)38-31-23-22-25-12-4-5-15-27(25)39(31)44-42(43-38)46-35-20-10-7-17-29(35)33-24-32-28-16-6-9-19-34(28)45-36-21-11-8-18-30(36)37(40(32)45)41(33)46/h1-24H. The van der Waals surface area contributed by atoms with E-state index in [1.807, 2.05) is 0 Å². The molecular formula is C42H24N4. The molecule has 0 fully saturated rings. The fourth-order valence-electron chi connectivity index (χ4n) is 7.93. The maximum Gasteiger partial charge on any atom is 0.235 e. The zero-order valence-corrected chi connectivity index (χ0v) is 24.6. The molecule has 0 saturated carbocycles. The van der Waals surface area contributed by atoms with E-state index in [-0.39, 0.29) is 0 Å². The highest BCUT2D eigenvalue weighted by molar-refractivity contribution is 6.34. The van der Waals surface area contributed by atoms with Gasteiger partial charge in [0.25, 0.3) is 0 Å². The quantitative estimate of drug-likeness (QED) is 0.190. The van der Waals surface area contributed by atoms with E-state index in [2.05, 4.69) is 155 Å². The van der Waals surface area contributed by atoms with Gasteiger partial charge in [0.1, 0.15) is 0 Å². The van der Waals surface area contributed by atoms with Crippen molar-refractivity contribution in [3.63, 3.8) is 0 Å². The molecule has 11 rings (SSSR count). The predicted octanol–water partition coefficient (Wildman–Crippen LogP) is 10.7. The smallest absolute Gasteiger partial charge is 0.235 e. The first-order chi connectivity index (χ1) is 22.8. The van der Waals surface area contributed by atoms with Crippen molar-refractivity contribution >= 4 is 81.6 Å². The van der Waals surface area contributed by atoms with Crippen molar-refractivity contribution in [2.24, 2.45) is 0 Å². The van der Waals surface area contributed by atoms with Gasteiger partial charge in [-0.3, -0.25) is 4.57 Å². The molecule has 7 aromatic carbocycles. The summed E-state index contributed by atoms with van der Waals surface area (Å²) in [6, 6.07) is 52.0. The van der Waals surface area contributed by atoms with Crippen LogP contribution in [0.4, 0.5) is 0 Å². The van der Waals surface area contributed by atoms with Crippen molar-refractivity contribution in [1.29, 1.82) is 0 Å². The first-order valence-electron chi connectivity index (χ1n) is 15.7. The lowest BCUT2D eigenvalue weighted by molar-refractivity contribution is 1.02. The predicted molar refractivity (Wildman–Crippen MR) is 191 cm³/mol. The van der Waals surface area contributed by atoms with Gasteiger partial charge in [0, 0.05) is 48.7 Å². The van der Waals surface area contributed by atoms with Gasteiger partial charge in [-0.2, -0.15) is 0 Å². The largest absolute Gasteiger partial charge is 0.308 e. The van der Waals surface area contributed by atoms with Crippen LogP contribution in [-0.4, -0.2) is 18.9 Å².